The van der Waals surface area contributed by atoms with Crippen LogP contribution in [-0.2, 0) is 50.4 Å². The molecule has 0 saturated heterocycles. The fraction of sp³-hybridized carbons (Fsp3) is 0.571. The summed E-state index contributed by atoms with van der Waals surface area (Å²) in [6.45, 7) is 22.4. The van der Waals surface area contributed by atoms with Crippen LogP contribution in [0, 0.1) is 0 Å². The first kappa shape index (κ1) is 45.4. The van der Waals surface area contributed by atoms with E-state index in [0.717, 1.165) is 11.1 Å². The first-order chi connectivity index (χ1) is 26.2. The van der Waals surface area contributed by atoms with Gasteiger partial charge in [0.15, 0.2) is 22.9 Å². The normalized spacial score (nSPS) is 23.6. The molecule has 56 heavy (non-hydrogen) atoms. The van der Waals surface area contributed by atoms with Crippen molar-refractivity contribution in [2.24, 2.45) is 0 Å². The van der Waals surface area contributed by atoms with Crippen LogP contribution in [0.2, 0.25) is 36.3 Å². The van der Waals surface area contributed by atoms with E-state index in [0.29, 0.717) is 5.75 Å². The van der Waals surface area contributed by atoms with Crippen molar-refractivity contribution in [3.63, 3.8) is 0 Å². The molecule has 0 bridgehead atoms. The number of ether oxygens (including phenoxy) is 6. The summed E-state index contributed by atoms with van der Waals surface area (Å²) in [6, 6.07) is 15.5. The number of nitrogens with one attached hydrogen (secondary N) is 1. The minimum Gasteiger partial charge on any atom is -0.467 e. The molecule has 2 N–H and O–H groups in total. The Kier molecular flexibility index (Phi) is 15.7. The van der Waals surface area contributed by atoms with Gasteiger partial charge in [0.25, 0.3) is 0 Å². The van der Waals surface area contributed by atoms with Crippen molar-refractivity contribution in [1.82, 2.24) is 5.32 Å². The maximum Gasteiger partial charge on any atom is 0.408 e. The summed E-state index contributed by atoms with van der Waals surface area (Å²) in [5.41, 5.74) is 1.60. The second-order valence-corrected chi connectivity index (χ2v) is 27.0. The van der Waals surface area contributed by atoms with Gasteiger partial charge in [-0.1, -0.05) is 96.2 Å². The molecule has 0 unspecified atom stereocenters. The van der Waals surface area contributed by atoms with Crippen molar-refractivity contribution in [2.45, 2.75) is 134 Å². The first-order valence-corrected chi connectivity index (χ1v) is 25.1. The standard InChI is InChI=1S/C42H63NO11Si2/c1-41(2,3)55(8,9)49-27-35-33(44)21-23-38(53-35)52-34-22-24-37(54-36(34)28-50-56(10,11)42(4,5)6)51-31-19-17-29(18-20-31)25-32(39(45)47-7)43-40(46)48-26-30-15-13-12-14-16-30/h12-24,32-38,44H,25-28H2,1-11H3,(H,43,46)/t32-,33+,34+,35-,36-,37+,38+/m1/s1. The summed E-state index contributed by atoms with van der Waals surface area (Å²) in [5.74, 6) is -0.0560. The summed E-state index contributed by atoms with van der Waals surface area (Å²) >= 11 is 0. The van der Waals surface area contributed by atoms with E-state index in [4.69, 9.17) is 37.3 Å². The van der Waals surface area contributed by atoms with Gasteiger partial charge in [-0.05, 0) is 71.7 Å². The Morgan fingerprint density at radius 1 is 0.768 bits per heavy atom. The van der Waals surface area contributed by atoms with Crippen molar-refractivity contribution in [2.75, 3.05) is 20.3 Å². The average molecular weight is 814 g/mol. The van der Waals surface area contributed by atoms with E-state index < -0.39 is 71.7 Å². The zero-order valence-corrected chi connectivity index (χ0v) is 36.9. The van der Waals surface area contributed by atoms with E-state index in [1.54, 1.807) is 30.4 Å². The number of aliphatic hydroxyl groups is 1. The van der Waals surface area contributed by atoms with Crippen LogP contribution in [0.4, 0.5) is 4.79 Å². The zero-order chi connectivity index (χ0) is 41.3. The Bertz CT molecular complexity index is 1620. The van der Waals surface area contributed by atoms with Crippen molar-refractivity contribution in [3.05, 3.63) is 90.0 Å². The molecule has 0 fully saturated rings. The van der Waals surface area contributed by atoms with Gasteiger partial charge in [0, 0.05) is 6.42 Å². The number of amides is 1. The maximum atomic E-state index is 12.6. The van der Waals surface area contributed by atoms with Gasteiger partial charge in [0.05, 0.1) is 20.3 Å². The fourth-order valence-corrected chi connectivity index (χ4v) is 7.31. The number of aliphatic hydroxyl groups excluding tert-OH is 1. The smallest absolute Gasteiger partial charge is 0.408 e. The second kappa shape index (κ2) is 19.4. The van der Waals surface area contributed by atoms with E-state index >= 15 is 0 Å². The molecular formula is C42H63NO11Si2. The second-order valence-electron chi connectivity index (χ2n) is 17.3. The van der Waals surface area contributed by atoms with Gasteiger partial charge in [-0.2, -0.15) is 0 Å². The number of alkyl carbamates (subject to hydrolysis) is 1. The van der Waals surface area contributed by atoms with E-state index in [-0.39, 0.29) is 36.3 Å². The molecule has 2 aliphatic rings. The highest BCUT2D eigenvalue weighted by Crippen LogP contribution is 2.38. The minimum atomic E-state index is -2.15. The zero-order valence-electron chi connectivity index (χ0n) is 34.9. The Balaban J connectivity index is 1.40. The lowest BCUT2D eigenvalue weighted by molar-refractivity contribution is -0.225. The SMILES string of the molecule is COC(=O)[C@@H](Cc1ccc(O[C@@H]2C=C[C@H](O[C@@H]3C=C[C@H](O)[C@@H](CO[Si](C)(C)C(C)(C)C)O3)[C@@H](CO[Si](C)(C)C(C)(C)C)O2)cc1)NC(=O)OCc1ccccc1. The topological polar surface area (TPSA) is 140 Å². The summed E-state index contributed by atoms with van der Waals surface area (Å²) < 4.78 is 48.6. The predicted octanol–water partition coefficient (Wildman–Crippen LogP) is 7.43. The van der Waals surface area contributed by atoms with Gasteiger partial charge < -0.3 is 47.7 Å². The number of hydrogen-bond donors (Lipinski definition) is 2. The molecule has 1 amide bonds. The molecule has 4 rings (SSSR count). The Morgan fingerprint density at radius 3 is 1.93 bits per heavy atom. The van der Waals surface area contributed by atoms with E-state index in [1.165, 1.54) is 7.11 Å². The van der Waals surface area contributed by atoms with Crippen LogP contribution in [-0.4, -0.2) is 97.2 Å². The van der Waals surface area contributed by atoms with E-state index in [2.05, 4.69) is 73.0 Å². The van der Waals surface area contributed by atoms with Gasteiger partial charge >= 0.3 is 12.1 Å². The number of hydrogen-bond acceptors (Lipinski definition) is 11. The summed E-state index contributed by atoms with van der Waals surface area (Å²) in [7, 11) is -2.95. The van der Waals surface area contributed by atoms with Crippen LogP contribution in [0.3, 0.4) is 0 Å². The van der Waals surface area contributed by atoms with Gasteiger partial charge in [-0.25, -0.2) is 9.59 Å². The van der Waals surface area contributed by atoms with Crippen LogP contribution >= 0.6 is 0 Å². The van der Waals surface area contributed by atoms with Gasteiger partial charge in [0.2, 0.25) is 6.29 Å². The lowest BCUT2D eigenvalue weighted by Crippen LogP contribution is -2.50. The summed E-state index contributed by atoms with van der Waals surface area (Å²) in [4.78, 5) is 25.1. The van der Waals surface area contributed by atoms with E-state index in [9.17, 15) is 14.7 Å². The molecule has 310 valence electrons. The summed E-state index contributed by atoms with van der Waals surface area (Å²) in [5, 5.41) is 13.3. The highest BCUT2D eigenvalue weighted by Gasteiger charge is 2.42. The molecule has 0 aromatic heterocycles. The monoisotopic (exact) mass is 813 g/mol. The number of rotatable bonds is 16. The van der Waals surface area contributed by atoms with Crippen LogP contribution in [0.1, 0.15) is 52.7 Å². The third-order valence-electron chi connectivity index (χ3n) is 11.0. The molecule has 0 aliphatic carbocycles. The highest BCUT2D eigenvalue weighted by atomic mass is 28.4. The molecule has 0 spiro atoms. The van der Waals surface area contributed by atoms with Crippen LogP contribution in [0.25, 0.3) is 0 Å². The number of methoxy groups -OCH3 is 1. The van der Waals surface area contributed by atoms with Gasteiger partial charge in [0.1, 0.15) is 42.8 Å². The van der Waals surface area contributed by atoms with Crippen molar-refractivity contribution >= 4 is 28.7 Å². The average Bonchev–Trinajstić information content (AvgIpc) is 3.13. The Hall–Kier alpha value is -3.35. The number of esters is 1. The third-order valence-corrected chi connectivity index (χ3v) is 20.0. The molecule has 2 heterocycles. The largest absolute Gasteiger partial charge is 0.467 e. The Labute approximate surface area is 335 Å². The molecule has 12 nitrogen and oxygen atoms in total. The van der Waals surface area contributed by atoms with Crippen molar-refractivity contribution in [1.29, 1.82) is 0 Å². The molecular weight excluding hydrogens is 751 g/mol. The predicted molar refractivity (Wildman–Crippen MR) is 219 cm³/mol. The Morgan fingerprint density at radius 2 is 1.34 bits per heavy atom. The van der Waals surface area contributed by atoms with Gasteiger partial charge in [-0.15, -0.1) is 0 Å². The lowest BCUT2D eigenvalue weighted by atomic mass is 10.1. The molecule has 2 aromatic rings. The van der Waals surface area contributed by atoms with Crippen LogP contribution < -0.4 is 10.1 Å². The third kappa shape index (κ3) is 13.1. The van der Waals surface area contributed by atoms with Crippen LogP contribution in [0.5, 0.6) is 5.75 Å². The molecule has 7 atom stereocenters. The highest BCUT2D eigenvalue weighted by molar-refractivity contribution is 6.74. The van der Waals surface area contributed by atoms with Crippen molar-refractivity contribution in [3.8, 4) is 5.75 Å². The molecule has 14 heteroatoms. The quantitative estimate of drug-likeness (QED) is 0.0994. The number of benzene rings is 2. The number of carbonyl (C=O) groups is 2. The maximum absolute atomic E-state index is 12.6. The van der Waals surface area contributed by atoms with Gasteiger partial charge in [-0.3, -0.25) is 0 Å². The summed E-state index contributed by atoms with van der Waals surface area (Å²) in [6.07, 6.45) is 2.61. The number of carbonyl (C=O) groups excluding carboxylic acids is 2. The molecule has 0 radical (unpaired) electrons. The molecule has 0 saturated carbocycles. The fourth-order valence-electron chi connectivity index (χ4n) is 5.28. The molecule has 2 aliphatic heterocycles. The van der Waals surface area contributed by atoms with E-state index in [1.807, 2.05) is 48.5 Å². The first-order valence-electron chi connectivity index (χ1n) is 19.3. The lowest BCUT2D eigenvalue weighted by Gasteiger charge is -2.41. The van der Waals surface area contributed by atoms with Crippen molar-refractivity contribution < 1.29 is 52.0 Å². The minimum absolute atomic E-state index is 0.0148. The molecule has 2 aromatic carbocycles. The van der Waals surface area contributed by atoms with Crippen LogP contribution in [0.15, 0.2) is 78.9 Å².